The summed E-state index contributed by atoms with van der Waals surface area (Å²) in [5, 5.41) is 7.65. The molecule has 2 nitrogen and oxygen atoms in total. The second-order valence-electron chi connectivity index (χ2n) is 0.418. The van der Waals surface area contributed by atoms with Crippen molar-refractivity contribution in [3.8, 4) is 0 Å². The van der Waals surface area contributed by atoms with Crippen molar-refractivity contribution in [3.05, 3.63) is 0 Å². The van der Waals surface area contributed by atoms with Gasteiger partial charge in [0.15, 0.2) is 0 Å². The average Bonchev–Trinajstić information content (AvgIpc) is 1.72. The topological polar surface area (TPSA) is 29.5 Å². The molecule has 1 N–H and O–H groups in total. The third-order valence-electron chi connectivity index (χ3n) is 0.129. The van der Waals surface area contributed by atoms with Crippen molar-refractivity contribution in [2.75, 3.05) is 13.9 Å². The SMILES string of the molecule is COCO.[Li][CH3]. The third kappa shape index (κ3) is 24.3. The molecule has 3 heteroatoms. The predicted octanol–water partition coefficient (Wildman–Crippen LogP) is -0.214. The molecule has 0 saturated heterocycles. The fourth-order valence-electron chi connectivity index (χ4n) is 0. The van der Waals surface area contributed by atoms with Gasteiger partial charge in [-0.3, -0.25) is 0 Å². The minimum atomic E-state index is -0.181. The Hall–Kier alpha value is 0.517. The molecule has 0 aromatic carbocycles. The van der Waals surface area contributed by atoms with Gasteiger partial charge >= 0.3 is 23.3 Å². The van der Waals surface area contributed by atoms with E-state index in [4.69, 9.17) is 5.11 Å². The summed E-state index contributed by atoms with van der Waals surface area (Å²) in [5.41, 5.74) is 2.00. The Morgan fingerprint density at radius 1 is 1.67 bits per heavy atom. The van der Waals surface area contributed by atoms with Crippen LogP contribution in [-0.2, 0) is 4.74 Å². The predicted molar refractivity (Wildman–Crippen MR) is 25.7 cm³/mol. The summed E-state index contributed by atoms with van der Waals surface area (Å²) in [6, 6.07) is 0. The van der Waals surface area contributed by atoms with E-state index >= 15 is 0 Å². The van der Waals surface area contributed by atoms with Gasteiger partial charge in [-0.2, -0.15) is 0 Å². The molecule has 0 atom stereocenters. The number of rotatable bonds is 1. The Balaban J connectivity index is 0. The number of aliphatic hydroxyl groups is 1. The fourth-order valence-corrected chi connectivity index (χ4v) is 0. The van der Waals surface area contributed by atoms with Gasteiger partial charge in [0.05, 0.1) is 0 Å². The zero-order chi connectivity index (χ0) is 5.41. The van der Waals surface area contributed by atoms with Gasteiger partial charge in [0.2, 0.25) is 0 Å². The van der Waals surface area contributed by atoms with Crippen molar-refractivity contribution in [2.24, 2.45) is 0 Å². The summed E-state index contributed by atoms with van der Waals surface area (Å²) in [5.74, 6) is 0. The van der Waals surface area contributed by atoms with E-state index in [-0.39, 0.29) is 6.79 Å². The Morgan fingerprint density at radius 2 is 1.83 bits per heavy atom. The maximum atomic E-state index is 7.65. The third-order valence-corrected chi connectivity index (χ3v) is 0.129. The number of hydrogen-bond donors (Lipinski definition) is 1. The molecule has 0 bridgehead atoms. The molecule has 6 heavy (non-hydrogen) atoms. The number of methoxy groups -OCH3 is 1. The van der Waals surface area contributed by atoms with E-state index in [0.717, 1.165) is 0 Å². The van der Waals surface area contributed by atoms with Crippen LogP contribution in [0.1, 0.15) is 0 Å². The van der Waals surface area contributed by atoms with Gasteiger partial charge in [0.25, 0.3) is 0 Å². The van der Waals surface area contributed by atoms with E-state index in [9.17, 15) is 0 Å². The molecule has 0 unspecified atom stereocenters. The van der Waals surface area contributed by atoms with Crippen molar-refractivity contribution in [1.82, 2.24) is 0 Å². The Morgan fingerprint density at radius 3 is 1.83 bits per heavy atom. The molecule has 34 valence electrons. The summed E-state index contributed by atoms with van der Waals surface area (Å²) in [6.07, 6.45) is 0. The molecular weight excluding hydrogens is 75.0 g/mol. The first-order chi connectivity index (χ1) is 2.91. The van der Waals surface area contributed by atoms with Crippen LogP contribution >= 0.6 is 0 Å². The van der Waals surface area contributed by atoms with E-state index in [0.29, 0.717) is 0 Å². The first kappa shape index (κ1) is 9.72. The number of aliphatic hydroxyl groups excluding tert-OH is 1. The summed E-state index contributed by atoms with van der Waals surface area (Å²) >= 11 is 2.00. The van der Waals surface area contributed by atoms with Gasteiger partial charge in [-0.25, -0.2) is 0 Å². The van der Waals surface area contributed by atoms with Crippen molar-refractivity contribution in [3.63, 3.8) is 0 Å². The van der Waals surface area contributed by atoms with Crippen LogP contribution in [0.5, 0.6) is 0 Å². The molecule has 0 amide bonds. The van der Waals surface area contributed by atoms with Crippen LogP contribution in [-0.4, -0.2) is 36.7 Å². The Labute approximate surface area is 47.7 Å². The zero-order valence-corrected chi connectivity index (χ0v) is 4.56. The molecule has 0 aromatic rings. The zero-order valence-electron chi connectivity index (χ0n) is 4.56. The van der Waals surface area contributed by atoms with Gasteiger partial charge in [-0.1, -0.05) is 0 Å². The van der Waals surface area contributed by atoms with E-state index in [1.54, 1.807) is 0 Å². The molecule has 0 radical (unpaired) electrons. The quantitative estimate of drug-likeness (QED) is 0.351. The van der Waals surface area contributed by atoms with E-state index in [2.05, 4.69) is 4.74 Å². The molecule has 0 aromatic heterocycles. The second-order valence-corrected chi connectivity index (χ2v) is 0.418. The van der Waals surface area contributed by atoms with Crippen LogP contribution in [0.2, 0.25) is 5.60 Å². The minimum absolute atomic E-state index is 0.181. The Bertz CT molecular complexity index is 10.8. The first-order valence-corrected chi connectivity index (χ1v) is 2.01. The van der Waals surface area contributed by atoms with Crippen molar-refractivity contribution < 1.29 is 9.84 Å². The standard InChI is InChI=1S/C2H6O2.CH3.Li/c1-4-2-3;;/h3H,2H2,1H3;1H3;. The maximum absolute atomic E-state index is 7.65. The van der Waals surface area contributed by atoms with E-state index < -0.39 is 0 Å². The summed E-state index contributed by atoms with van der Waals surface area (Å²) in [7, 11) is 1.43. The van der Waals surface area contributed by atoms with E-state index in [1.165, 1.54) is 7.11 Å². The van der Waals surface area contributed by atoms with Crippen LogP contribution in [0.3, 0.4) is 0 Å². The normalized spacial score (nSPS) is 6.17. The van der Waals surface area contributed by atoms with Crippen LogP contribution in [0.4, 0.5) is 0 Å². The molecule has 0 heterocycles. The van der Waals surface area contributed by atoms with Gasteiger partial charge in [-0.15, -0.1) is 0 Å². The molecule has 0 aliphatic heterocycles. The van der Waals surface area contributed by atoms with Crippen molar-refractivity contribution >= 4 is 17.7 Å². The summed E-state index contributed by atoms with van der Waals surface area (Å²) in [6.45, 7) is -0.181. The van der Waals surface area contributed by atoms with Crippen molar-refractivity contribution in [1.29, 1.82) is 0 Å². The fraction of sp³-hybridized carbons (Fsp3) is 1.00. The van der Waals surface area contributed by atoms with Crippen LogP contribution in [0.25, 0.3) is 0 Å². The first-order valence-electron chi connectivity index (χ1n) is 2.01. The summed E-state index contributed by atoms with van der Waals surface area (Å²) < 4.78 is 4.10. The van der Waals surface area contributed by atoms with E-state index in [1.807, 2.05) is 23.3 Å². The van der Waals surface area contributed by atoms with Gasteiger partial charge in [0, 0.05) is 7.11 Å². The van der Waals surface area contributed by atoms with Gasteiger partial charge in [-0.05, 0) is 0 Å². The second kappa shape index (κ2) is 17.8. The molecule has 0 fully saturated rings. The van der Waals surface area contributed by atoms with Gasteiger partial charge < -0.3 is 9.84 Å². The number of ether oxygens (including phenoxy) is 1. The monoisotopic (exact) mass is 84.1 g/mol. The molecule has 0 aliphatic carbocycles. The van der Waals surface area contributed by atoms with Crippen LogP contribution in [0.15, 0.2) is 0 Å². The molecule has 0 spiro atoms. The number of hydrogen-bond acceptors (Lipinski definition) is 2. The molecule has 0 saturated carbocycles. The van der Waals surface area contributed by atoms with Crippen LogP contribution in [0, 0.1) is 0 Å². The molecule has 0 rings (SSSR count). The van der Waals surface area contributed by atoms with Gasteiger partial charge in [0.1, 0.15) is 6.79 Å². The molecule has 0 aliphatic rings. The average molecular weight is 84.0 g/mol. The van der Waals surface area contributed by atoms with Crippen molar-refractivity contribution in [2.45, 2.75) is 5.60 Å². The molecular formula is C3H9LiO2. The summed E-state index contributed by atoms with van der Waals surface area (Å²) in [4.78, 5) is 0. The van der Waals surface area contributed by atoms with Crippen LogP contribution < -0.4 is 0 Å². The Kier molecular flexibility index (Phi) is 28.8.